The van der Waals surface area contributed by atoms with Crippen LogP contribution < -0.4 is 4.57 Å². The van der Waals surface area contributed by atoms with Crippen LogP contribution in [0.25, 0.3) is 32.0 Å². The highest BCUT2D eigenvalue weighted by molar-refractivity contribution is 7.25. The molecule has 0 atom stereocenters. The lowest BCUT2D eigenvalue weighted by Gasteiger charge is -1.94. The highest BCUT2D eigenvalue weighted by atomic mass is 32.1. The zero-order valence-corrected chi connectivity index (χ0v) is 11.2. The lowest BCUT2D eigenvalue weighted by atomic mass is 10.2. The second-order valence-corrected chi connectivity index (χ2v) is 5.91. The van der Waals surface area contributed by atoms with E-state index in [-0.39, 0.29) is 0 Å². The minimum Gasteiger partial charge on any atom is -0.263 e. The zero-order valence-electron chi connectivity index (χ0n) is 13.4. The molecule has 5 heterocycles. The molecule has 0 radical (unpaired) electrons. The summed E-state index contributed by atoms with van der Waals surface area (Å²) in [6.45, 7) is -1.62. The minimum atomic E-state index is -2.27. The van der Waals surface area contributed by atoms with Gasteiger partial charge in [0.2, 0.25) is 4.83 Å². The van der Waals surface area contributed by atoms with E-state index in [2.05, 4.69) is 14.5 Å². The van der Waals surface area contributed by atoms with Crippen molar-refractivity contribution in [1.82, 2.24) is 14.5 Å². The highest BCUT2D eigenvalue weighted by Crippen LogP contribution is 2.36. The van der Waals surface area contributed by atoms with E-state index in [4.69, 9.17) is 4.11 Å². The van der Waals surface area contributed by atoms with Crippen LogP contribution in [0.5, 0.6) is 0 Å². The summed E-state index contributed by atoms with van der Waals surface area (Å²) in [5.74, 6) is 0.667. The summed E-state index contributed by atoms with van der Waals surface area (Å²) >= 11 is 1.58. The zero-order chi connectivity index (χ0) is 15.8. The van der Waals surface area contributed by atoms with Gasteiger partial charge in [0, 0.05) is 29.5 Å². The smallest absolute Gasteiger partial charge is 0.263 e. The standard InChI is InChI=1S/C15H11N4S/c1-18-13-10-4-6-16-7-11(10)20-15(13)19-8-9-3-2-5-17-12(9)14(18)19/h2-7H,8H2,1H3/q+1/i1D3. The maximum Gasteiger partial charge on any atom is 0.309 e. The van der Waals surface area contributed by atoms with Crippen molar-refractivity contribution in [1.29, 1.82) is 0 Å². The molecule has 4 nitrogen and oxygen atoms in total. The third kappa shape index (κ3) is 1.10. The quantitative estimate of drug-likeness (QED) is 0.409. The lowest BCUT2D eigenvalue weighted by Crippen LogP contribution is -2.30. The molecule has 0 aliphatic carbocycles. The van der Waals surface area contributed by atoms with Crippen molar-refractivity contribution < 1.29 is 8.68 Å². The Hall–Kier alpha value is -2.27. The number of rotatable bonds is 0. The van der Waals surface area contributed by atoms with Crippen molar-refractivity contribution >= 4 is 31.8 Å². The average molecular weight is 282 g/mol. The van der Waals surface area contributed by atoms with Crippen LogP contribution in [0.2, 0.25) is 0 Å². The third-order valence-corrected chi connectivity index (χ3v) is 4.97. The Balaban J connectivity index is 2.01. The van der Waals surface area contributed by atoms with Crippen LogP contribution in [0.3, 0.4) is 0 Å². The van der Waals surface area contributed by atoms with Crippen molar-refractivity contribution in [2.24, 2.45) is 6.98 Å². The number of pyridine rings is 2. The van der Waals surface area contributed by atoms with E-state index >= 15 is 0 Å². The van der Waals surface area contributed by atoms with Crippen molar-refractivity contribution in [2.45, 2.75) is 6.54 Å². The molecule has 0 aromatic carbocycles. The summed E-state index contributed by atoms with van der Waals surface area (Å²) in [6.07, 6.45) is 5.20. The molecule has 20 heavy (non-hydrogen) atoms. The molecular formula is C15H11N4S+. The summed E-state index contributed by atoms with van der Waals surface area (Å²) in [6, 6.07) is 5.77. The summed E-state index contributed by atoms with van der Waals surface area (Å²) < 4.78 is 28.6. The van der Waals surface area contributed by atoms with Gasteiger partial charge in [-0.1, -0.05) is 17.4 Å². The fraction of sp³-hybridized carbons (Fsp3) is 0.133. The Morgan fingerprint density at radius 3 is 3.35 bits per heavy atom. The molecule has 5 rings (SSSR count). The summed E-state index contributed by atoms with van der Waals surface area (Å²) in [5, 5.41) is 0.926. The molecule has 0 saturated heterocycles. The van der Waals surface area contributed by atoms with Gasteiger partial charge in [-0.15, -0.1) is 0 Å². The van der Waals surface area contributed by atoms with Crippen molar-refractivity contribution in [3.05, 3.63) is 42.4 Å². The fourth-order valence-electron chi connectivity index (χ4n) is 2.96. The normalized spacial score (nSPS) is 15.9. The topological polar surface area (TPSA) is 34.6 Å². The number of hydrogen-bond donors (Lipinski definition) is 0. The van der Waals surface area contributed by atoms with Crippen LogP contribution in [0.1, 0.15) is 9.68 Å². The number of hydrogen-bond acceptors (Lipinski definition) is 3. The molecule has 0 fully saturated rings. The van der Waals surface area contributed by atoms with E-state index in [1.807, 2.05) is 18.2 Å². The summed E-state index contributed by atoms with van der Waals surface area (Å²) in [7, 11) is 0. The molecule has 4 aromatic rings. The summed E-state index contributed by atoms with van der Waals surface area (Å²) in [4.78, 5) is 9.54. The predicted octanol–water partition coefficient (Wildman–Crippen LogP) is 2.50. The van der Waals surface area contributed by atoms with Crippen LogP contribution in [-0.4, -0.2) is 14.5 Å². The maximum atomic E-state index is 8.04. The predicted molar refractivity (Wildman–Crippen MR) is 78.6 cm³/mol. The van der Waals surface area contributed by atoms with Gasteiger partial charge in [-0.2, -0.15) is 0 Å². The largest absolute Gasteiger partial charge is 0.309 e. The first-order valence-corrected chi connectivity index (χ1v) is 7.13. The van der Waals surface area contributed by atoms with Crippen LogP contribution in [0.15, 0.2) is 36.8 Å². The number of aromatic nitrogens is 4. The monoisotopic (exact) mass is 282 g/mol. The molecule has 5 heteroatoms. The van der Waals surface area contributed by atoms with E-state index in [0.29, 0.717) is 12.4 Å². The third-order valence-electron chi connectivity index (χ3n) is 3.82. The number of thiophene rings is 1. The van der Waals surface area contributed by atoms with Gasteiger partial charge in [0.1, 0.15) is 6.54 Å². The van der Waals surface area contributed by atoms with Gasteiger partial charge in [0.15, 0.2) is 11.2 Å². The Morgan fingerprint density at radius 1 is 1.40 bits per heavy atom. The maximum absolute atomic E-state index is 8.04. The SMILES string of the molecule is [2H]C([2H])([2H])n1c2[n+](c3sc4cnccc4c31)Cc1cccnc1-2. The molecule has 0 bridgehead atoms. The van der Waals surface area contributed by atoms with E-state index < -0.39 is 6.98 Å². The van der Waals surface area contributed by atoms with E-state index in [1.165, 1.54) is 4.57 Å². The van der Waals surface area contributed by atoms with Crippen LogP contribution in [0, 0.1) is 0 Å². The van der Waals surface area contributed by atoms with E-state index in [0.717, 1.165) is 31.7 Å². The molecule has 96 valence electrons. The molecule has 0 N–H and O–H groups in total. The highest BCUT2D eigenvalue weighted by Gasteiger charge is 2.35. The molecule has 0 spiro atoms. The van der Waals surface area contributed by atoms with Crippen molar-refractivity contribution in [3.63, 3.8) is 0 Å². The van der Waals surface area contributed by atoms with Gasteiger partial charge < -0.3 is 0 Å². The second kappa shape index (κ2) is 3.43. The lowest BCUT2D eigenvalue weighted by molar-refractivity contribution is -0.644. The summed E-state index contributed by atoms with van der Waals surface area (Å²) in [5.41, 5.74) is 2.56. The Kier molecular flexibility index (Phi) is 1.39. The molecule has 4 aromatic heterocycles. The first kappa shape index (κ1) is 8.11. The van der Waals surface area contributed by atoms with Gasteiger partial charge in [-0.05, 0) is 12.1 Å². The van der Waals surface area contributed by atoms with Gasteiger partial charge in [-0.3, -0.25) is 4.98 Å². The van der Waals surface area contributed by atoms with E-state index in [9.17, 15) is 0 Å². The molecule has 1 aliphatic heterocycles. The second-order valence-electron chi connectivity index (χ2n) is 4.88. The number of aryl methyl sites for hydroxylation is 1. The van der Waals surface area contributed by atoms with E-state index in [1.54, 1.807) is 29.9 Å². The van der Waals surface area contributed by atoms with Crippen LogP contribution >= 0.6 is 11.3 Å². The van der Waals surface area contributed by atoms with Gasteiger partial charge in [0.05, 0.1) is 15.8 Å². The number of fused-ring (bicyclic) bond motifs is 7. The Bertz CT molecular complexity index is 1090. The first-order valence-electron chi connectivity index (χ1n) is 7.81. The Morgan fingerprint density at radius 2 is 2.40 bits per heavy atom. The number of nitrogens with zero attached hydrogens (tertiary/aromatic N) is 4. The first-order chi connectivity index (χ1) is 11.1. The van der Waals surface area contributed by atoms with Gasteiger partial charge in [-0.25, -0.2) is 14.1 Å². The minimum absolute atomic E-state index is 0.651. The van der Waals surface area contributed by atoms with Crippen LogP contribution in [-0.2, 0) is 13.5 Å². The molecule has 1 aliphatic rings. The number of imidazole rings is 1. The molecule has 0 saturated carbocycles. The van der Waals surface area contributed by atoms with Crippen molar-refractivity contribution in [2.75, 3.05) is 0 Å². The Labute approximate surface area is 123 Å². The molecular weight excluding hydrogens is 268 g/mol. The molecule has 0 unspecified atom stereocenters. The fourth-order valence-corrected chi connectivity index (χ4v) is 4.12. The van der Waals surface area contributed by atoms with Gasteiger partial charge in [0.25, 0.3) is 0 Å². The van der Waals surface area contributed by atoms with Gasteiger partial charge >= 0.3 is 5.82 Å². The molecule has 0 amide bonds. The van der Waals surface area contributed by atoms with Crippen LogP contribution in [0.4, 0.5) is 0 Å². The van der Waals surface area contributed by atoms with Crippen molar-refractivity contribution in [3.8, 4) is 11.5 Å². The average Bonchev–Trinajstić information content (AvgIpc) is 3.13.